The van der Waals surface area contributed by atoms with E-state index in [-0.39, 0.29) is 23.4 Å². The van der Waals surface area contributed by atoms with Gasteiger partial charge in [0.25, 0.3) is 0 Å². The van der Waals surface area contributed by atoms with Crippen LogP contribution in [0.3, 0.4) is 0 Å². The van der Waals surface area contributed by atoms with Gasteiger partial charge >= 0.3 is 0 Å². The highest BCUT2D eigenvalue weighted by atomic mass is 35.5. The maximum absolute atomic E-state index is 13.9. The Kier molecular flexibility index (Phi) is 7.32. The lowest BCUT2D eigenvalue weighted by atomic mass is 9.95. The summed E-state index contributed by atoms with van der Waals surface area (Å²) in [5.74, 6) is 0.778. The fourth-order valence-electron chi connectivity index (χ4n) is 3.89. The average molecular weight is 475 g/mol. The van der Waals surface area contributed by atoms with E-state index in [0.717, 1.165) is 42.8 Å². The molecule has 4 rings (SSSR count). The zero-order valence-electron chi connectivity index (χ0n) is 17.7. The van der Waals surface area contributed by atoms with Crippen molar-refractivity contribution in [1.82, 2.24) is 14.8 Å². The van der Waals surface area contributed by atoms with E-state index in [1.165, 1.54) is 36.4 Å². The van der Waals surface area contributed by atoms with Crippen LogP contribution in [0, 0.1) is 5.82 Å². The molecule has 1 amide bonds. The second-order valence-corrected chi connectivity index (χ2v) is 9.04. The van der Waals surface area contributed by atoms with Gasteiger partial charge in [0.15, 0.2) is 11.0 Å². The van der Waals surface area contributed by atoms with Gasteiger partial charge in [0.05, 0.1) is 18.6 Å². The molecule has 0 atom stereocenters. The number of aromatic nitrogens is 3. The first kappa shape index (κ1) is 22.6. The summed E-state index contributed by atoms with van der Waals surface area (Å²) in [5.41, 5.74) is 1.01. The van der Waals surface area contributed by atoms with E-state index in [1.807, 2.05) is 24.3 Å². The molecule has 1 heterocycles. The predicted molar refractivity (Wildman–Crippen MR) is 125 cm³/mol. The Hall–Kier alpha value is -2.58. The quantitative estimate of drug-likeness (QED) is 0.426. The van der Waals surface area contributed by atoms with E-state index >= 15 is 0 Å². The highest BCUT2D eigenvalue weighted by Gasteiger charge is 2.24. The van der Waals surface area contributed by atoms with Crippen LogP contribution >= 0.6 is 23.4 Å². The second kappa shape index (κ2) is 10.4. The molecule has 1 aromatic heterocycles. The fourth-order valence-corrected chi connectivity index (χ4v) is 4.87. The molecule has 1 N–H and O–H groups in total. The number of hydrogen-bond acceptors (Lipinski definition) is 5. The van der Waals surface area contributed by atoms with E-state index in [0.29, 0.717) is 10.2 Å². The van der Waals surface area contributed by atoms with E-state index in [9.17, 15) is 9.18 Å². The minimum Gasteiger partial charge on any atom is -0.497 e. The van der Waals surface area contributed by atoms with Crippen molar-refractivity contribution in [2.24, 2.45) is 0 Å². The molecule has 0 spiro atoms. The number of carbonyl (C=O) groups is 1. The molecular weight excluding hydrogens is 451 g/mol. The minimum atomic E-state index is -0.528. The first-order valence-corrected chi connectivity index (χ1v) is 11.9. The molecule has 0 bridgehead atoms. The van der Waals surface area contributed by atoms with Gasteiger partial charge in [0.1, 0.15) is 11.6 Å². The number of carbonyl (C=O) groups excluding carboxylic acids is 1. The van der Waals surface area contributed by atoms with E-state index in [4.69, 9.17) is 16.3 Å². The fraction of sp³-hybridized carbons (Fsp3) is 0.348. The molecule has 1 aliphatic rings. The van der Waals surface area contributed by atoms with Crippen molar-refractivity contribution in [3.8, 4) is 17.1 Å². The van der Waals surface area contributed by atoms with Gasteiger partial charge < -0.3 is 10.1 Å². The number of rotatable bonds is 7. The Morgan fingerprint density at radius 3 is 2.66 bits per heavy atom. The van der Waals surface area contributed by atoms with Crippen LogP contribution in [0.4, 0.5) is 10.1 Å². The number of amides is 1. The van der Waals surface area contributed by atoms with Crippen LogP contribution in [-0.2, 0) is 4.79 Å². The Labute approximate surface area is 195 Å². The molecule has 168 valence electrons. The van der Waals surface area contributed by atoms with Gasteiger partial charge in [0.2, 0.25) is 5.91 Å². The summed E-state index contributed by atoms with van der Waals surface area (Å²) in [7, 11) is 1.63. The van der Waals surface area contributed by atoms with E-state index in [1.54, 1.807) is 7.11 Å². The van der Waals surface area contributed by atoms with Crippen LogP contribution in [0.15, 0.2) is 47.6 Å². The van der Waals surface area contributed by atoms with Gasteiger partial charge in [-0.1, -0.05) is 42.6 Å². The summed E-state index contributed by atoms with van der Waals surface area (Å²) < 4.78 is 21.3. The van der Waals surface area contributed by atoms with Crippen molar-refractivity contribution in [3.05, 3.63) is 53.3 Å². The number of nitrogens with zero attached hydrogens (tertiary/aromatic N) is 3. The van der Waals surface area contributed by atoms with Crippen molar-refractivity contribution < 1.29 is 13.9 Å². The molecule has 0 radical (unpaired) electrons. The zero-order valence-corrected chi connectivity index (χ0v) is 19.3. The molecule has 0 unspecified atom stereocenters. The number of anilines is 1. The predicted octanol–water partition coefficient (Wildman–Crippen LogP) is 5.98. The molecule has 0 saturated heterocycles. The zero-order chi connectivity index (χ0) is 22.5. The molecule has 2 aromatic carbocycles. The smallest absolute Gasteiger partial charge is 0.234 e. The second-order valence-electron chi connectivity index (χ2n) is 7.66. The SMILES string of the molecule is COc1ccc(-c2nnc(SCC(=O)Nc3cc(Cl)ccc3F)n2C2CCCCC2)cc1. The standard InChI is InChI=1S/C23H24ClFN4O2S/c1-31-18-10-7-15(8-11-18)22-27-28-23(29(22)17-5-3-2-4-6-17)32-14-21(30)26-20-13-16(24)9-12-19(20)25/h7-13,17H,2-6,14H2,1H3,(H,26,30). The number of ether oxygens (including phenoxy) is 1. The molecule has 0 aliphatic heterocycles. The van der Waals surface area contributed by atoms with Crippen LogP contribution in [0.1, 0.15) is 38.1 Å². The lowest BCUT2D eigenvalue weighted by Crippen LogP contribution is -2.18. The van der Waals surface area contributed by atoms with Gasteiger partial charge in [0, 0.05) is 16.6 Å². The van der Waals surface area contributed by atoms with Crippen molar-refractivity contribution in [2.45, 2.75) is 43.3 Å². The molecule has 1 aliphatic carbocycles. The maximum Gasteiger partial charge on any atom is 0.234 e. The summed E-state index contributed by atoms with van der Waals surface area (Å²) in [6.45, 7) is 0. The molecule has 1 saturated carbocycles. The summed E-state index contributed by atoms with van der Waals surface area (Å²) in [4.78, 5) is 12.5. The van der Waals surface area contributed by atoms with E-state index < -0.39 is 5.82 Å². The van der Waals surface area contributed by atoms with Crippen LogP contribution in [0.5, 0.6) is 5.75 Å². The summed E-state index contributed by atoms with van der Waals surface area (Å²) in [5, 5.41) is 12.5. The first-order chi connectivity index (χ1) is 15.5. The maximum atomic E-state index is 13.9. The normalized spacial score (nSPS) is 14.3. The lowest BCUT2D eigenvalue weighted by Gasteiger charge is -2.25. The molecule has 3 aromatic rings. The van der Waals surface area contributed by atoms with Gasteiger partial charge in [-0.05, 0) is 55.3 Å². The third-order valence-electron chi connectivity index (χ3n) is 5.49. The summed E-state index contributed by atoms with van der Waals surface area (Å²) >= 11 is 7.21. The number of nitrogens with one attached hydrogen (secondary N) is 1. The Bertz CT molecular complexity index is 1080. The van der Waals surface area contributed by atoms with Crippen molar-refractivity contribution in [2.75, 3.05) is 18.2 Å². The third kappa shape index (κ3) is 5.24. The van der Waals surface area contributed by atoms with Gasteiger partial charge in [-0.3, -0.25) is 9.36 Å². The Morgan fingerprint density at radius 1 is 1.19 bits per heavy atom. The summed E-state index contributed by atoms with van der Waals surface area (Å²) in [6, 6.07) is 12.1. The van der Waals surface area contributed by atoms with Gasteiger partial charge in [-0.15, -0.1) is 10.2 Å². The van der Waals surface area contributed by atoms with Gasteiger partial charge in [-0.25, -0.2) is 4.39 Å². The molecule has 9 heteroatoms. The van der Waals surface area contributed by atoms with Crippen LogP contribution < -0.4 is 10.1 Å². The highest BCUT2D eigenvalue weighted by Crippen LogP contribution is 2.36. The van der Waals surface area contributed by atoms with Crippen LogP contribution in [-0.4, -0.2) is 33.5 Å². The van der Waals surface area contributed by atoms with Crippen LogP contribution in [0.25, 0.3) is 11.4 Å². The Morgan fingerprint density at radius 2 is 1.94 bits per heavy atom. The molecule has 6 nitrogen and oxygen atoms in total. The average Bonchev–Trinajstić information content (AvgIpc) is 3.24. The monoisotopic (exact) mass is 474 g/mol. The number of halogens is 2. The Balaban J connectivity index is 1.54. The largest absolute Gasteiger partial charge is 0.497 e. The number of methoxy groups -OCH3 is 1. The van der Waals surface area contributed by atoms with E-state index in [2.05, 4.69) is 20.1 Å². The highest BCUT2D eigenvalue weighted by molar-refractivity contribution is 7.99. The van der Waals surface area contributed by atoms with Crippen molar-refractivity contribution in [3.63, 3.8) is 0 Å². The lowest BCUT2D eigenvalue weighted by molar-refractivity contribution is -0.113. The number of benzene rings is 2. The van der Waals surface area contributed by atoms with Crippen LogP contribution in [0.2, 0.25) is 5.02 Å². The number of thioether (sulfide) groups is 1. The number of hydrogen-bond donors (Lipinski definition) is 1. The topological polar surface area (TPSA) is 69.0 Å². The van der Waals surface area contributed by atoms with Crippen molar-refractivity contribution in [1.29, 1.82) is 0 Å². The first-order valence-electron chi connectivity index (χ1n) is 10.5. The summed E-state index contributed by atoms with van der Waals surface area (Å²) in [6.07, 6.45) is 5.64. The minimum absolute atomic E-state index is 0.0655. The van der Waals surface area contributed by atoms with Crippen molar-refractivity contribution >= 4 is 35.0 Å². The molecule has 32 heavy (non-hydrogen) atoms. The molecule has 1 fully saturated rings. The third-order valence-corrected chi connectivity index (χ3v) is 6.67. The van der Waals surface area contributed by atoms with Gasteiger partial charge in [-0.2, -0.15) is 0 Å². The molecular formula is C23H24ClFN4O2S.